The first kappa shape index (κ1) is 14.5. The van der Waals surface area contributed by atoms with Gasteiger partial charge in [-0.25, -0.2) is 0 Å². The van der Waals surface area contributed by atoms with Crippen molar-refractivity contribution in [3.8, 4) is 11.5 Å². The zero-order valence-corrected chi connectivity index (χ0v) is 12.6. The summed E-state index contributed by atoms with van der Waals surface area (Å²) < 4.78 is 5.52. The molecule has 0 unspecified atom stereocenters. The molecule has 5 nitrogen and oxygen atoms in total. The van der Waals surface area contributed by atoms with Crippen molar-refractivity contribution >= 4 is 11.6 Å². The number of nitrogens with zero attached hydrogens (tertiary/aromatic N) is 3. The highest BCUT2D eigenvalue weighted by molar-refractivity contribution is 6.30. The van der Waals surface area contributed by atoms with Crippen molar-refractivity contribution in [1.29, 1.82) is 0 Å². The predicted octanol–water partition coefficient (Wildman–Crippen LogP) is 3.34. The van der Waals surface area contributed by atoms with E-state index in [0.29, 0.717) is 29.0 Å². The average Bonchev–Trinajstić information content (AvgIpc) is 2.88. The molecule has 0 atom stereocenters. The van der Waals surface area contributed by atoms with Crippen molar-refractivity contribution in [1.82, 2.24) is 15.1 Å². The van der Waals surface area contributed by atoms with Gasteiger partial charge < -0.3 is 10.3 Å². The predicted molar refractivity (Wildman–Crippen MR) is 81.0 cm³/mol. The molecule has 21 heavy (non-hydrogen) atoms. The summed E-state index contributed by atoms with van der Waals surface area (Å²) in [6.45, 7) is 0.544. The van der Waals surface area contributed by atoms with Crippen LogP contribution in [-0.2, 0) is 5.41 Å². The van der Waals surface area contributed by atoms with E-state index in [2.05, 4.69) is 15.1 Å². The number of rotatable bonds is 3. The van der Waals surface area contributed by atoms with E-state index in [1.165, 1.54) is 12.8 Å². The second-order valence-corrected chi connectivity index (χ2v) is 6.12. The lowest BCUT2D eigenvalue weighted by Crippen LogP contribution is -2.35. The van der Waals surface area contributed by atoms with E-state index in [0.717, 1.165) is 25.7 Å². The lowest BCUT2D eigenvalue weighted by atomic mass is 9.80. The average molecular weight is 307 g/mol. The molecule has 6 heteroatoms. The Morgan fingerprint density at radius 1 is 1.19 bits per heavy atom. The van der Waals surface area contributed by atoms with Crippen LogP contribution in [0.25, 0.3) is 11.5 Å². The number of pyridine rings is 1. The van der Waals surface area contributed by atoms with Crippen LogP contribution in [0, 0.1) is 0 Å². The van der Waals surface area contributed by atoms with Gasteiger partial charge in [-0.1, -0.05) is 42.4 Å². The first-order valence-electron chi connectivity index (χ1n) is 7.40. The lowest BCUT2D eigenvalue weighted by Gasteiger charge is -2.26. The van der Waals surface area contributed by atoms with Crippen molar-refractivity contribution in [2.45, 2.75) is 43.9 Å². The molecule has 1 saturated carbocycles. The maximum atomic E-state index is 6.05. The number of nitrogens with two attached hydrogens (primary N) is 1. The van der Waals surface area contributed by atoms with E-state index < -0.39 is 0 Å². The molecule has 2 aromatic heterocycles. The molecule has 1 aliphatic carbocycles. The topological polar surface area (TPSA) is 77.8 Å². The SMILES string of the molecule is NCC1(c2nc(-c3ccc(Cl)cn3)no2)CCCCCC1. The van der Waals surface area contributed by atoms with Gasteiger partial charge in [-0.3, -0.25) is 4.98 Å². The minimum atomic E-state index is -0.172. The minimum Gasteiger partial charge on any atom is -0.338 e. The van der Waals surface area contributed by atoms with Gasteiger partial charge in [0.1, 0.15) is 5.69 Å². The smallest absolute Gasteiger partial charge is 0.234 e. The molecule has 0 spiro atoms. The van der Waals surface area contributed by atoms with Crippen LogP contribution in [0.5, 0.6) is 0 Å². The lowest BCUT2D eigenvalue weighted by molar-refractivity contribution is 0.257. The summed E-state index contributed by atoms with van der Waals surface area (Å²) in [5, 5.41) is 4.66. The third kappa shape index (κ3) is 2.94. The molecule has 112 valence electrons. The molecule has 1 aliphatic rings. The van der Waals surface area contributed by atoms with E-state index in [4.69, 9.17) is 21.9 Å². The highest BCUT2D eigenvalue weighted by Gasteiger charge is 2.37. The zero-order valence-electron chi connectivity index (χ0n) is 11.9. The van der Waals surface area contributed by atoms with Crippen LogP contribution in [-0.4, -0.2) is 21.7 Å². The summed E-state index contributed by atoms with van der Waals surface area (Å²) in [4.78, 5) is 8.78. The van der Waals surface area contributed by atoms with Crippen molar-refractivity contribution in [3.63, 3.8) is 0 Å². The standard InChI is InChI=1S/C15H19ClN4O/c16-11-5-6-12(18-9-11)13-19-14(21-20-13)15(10-17)7-3-1-2-4-8-15/h5-6,9H,1-4,7-8,10,17H2. The summed E-state index contributed by atoms with van der Waals surface area (Å²) in [5.74, 6) is 1.15. The normalized spacial score (nSPS) is 18.4. The molecule has 0 aliphatic heterocycles. The Hall–Kier alpha value is -1.46. The van der Waals surface area contributed by atoms with E-state index in [1.807, 2.05) is 0 Å². The van der Waals surface area contributed by atoms with Crippen LogP contribution < -0.4 is 5.73 Å². The molecule has 0 radical (unpaired) electrons. The van der Waals surface area contributed by atoms with Crippen molar-refractivity contribution in [3.05, 3.63) is 29.2 Å². The van der Waals surface area contributed by atoms with Crippen LogP contribution in [0.3, 0.4) is 0 Å². The Balaban J connectivity index is 1.90. The molecule has 0 saturated heterocycles. The number of halogens is 1. The van der Waals surface area contributed by atoms with Gasteiger partial charge in [0.2, 0.25) is 11.7 Å². The van der Waals surface area contributed by atoms with E-state index in [-0.39, 0.29) is 5.41 Å². The fourth-order valence-electron chi connectivity index (χ4n) is 2.96. The van der Waals surface area contributed by atoms with Crippen LogP contribution in [0.1, 0.15) is 44.4 Å². The van der Waals surface area contributed by atoms with E-state index in [1.54, 1.807) is 18.3 Å². The molecular weight excluding hydrogens is 288 g/mol. The Kier molecular flexibility index (Phi) is 4.22. The number of hydrogen-bond donors (Lipinski definition) is 1. The van der Waals surface area contributed by atoms with Crippen molar-refractivity contribution in [2.75, 3.05) is 6.54 Å². The molecule has 0 bridgehead atoms. The van der Waals surface area contributed by atoms with Crippen LogP contribution in [0.2, 0.25) is 5.02 Å². The first-order valence-corrected chi connectivity index (χ1v) is 7.77. The van der Waals surface area contributed by atoms with E-state index in [9.17, 15) is 0 Å². The van der Waals surface area contributed by atoms with Crippen LogP contribution in [0.15, 0.2) is 22.9 Å². The van der Waals surface area contributed by atoms with Gasteiger partial charge >= 0.3 is 0 Å². The third-order valence-corrected chi connectivity index (χ3v) is 4.51. The summed E-state index contributed by atoms with van der Waals surface area (Å²) in [6, 6.07) is 3.56. The van der Waals surface area contributed by atoms with E-state index >= 15 is 0 Å². The van der Waals surface area contributed by atoms with Gasteiger partial charge in [0.05, 0.1) is 10.4 Å². The second-order valence-electron chi connectivity index (χ2n) is 5.68. The molecule has 2 N–H and O–H groups in total. The Bertz CT molecular complexity index is 588. The number of hydrogen-bond acceptors (Lipinski definition) is 5. The highest BCUT2D eigenvalue weighted by atomic mass is 35.5. The molecule has 2 aromatic rings. The zero-order chi connectivity index (χ0) is 14.7. The molecule has 1 fully saturated rings. The van der Waals surface area contributed by atoms with Gasteiger partial charge in [0.15, 0.2) is 0 Å². The summed E-state index contributed by atoms with van der Waals surface area (Å²) in [7, 11) is 0. The fraction of sp³-hybridized carbons (Fsp3) is 0.533. The first-order chi connectivity index (χ1) is 10.2. The Morgan fingerprint density at radius 2 is 1.95 bits per heavy atom. The maximum absolute atomic E-state index is 6.05. The Labute approximate surface area is 128 Å². The van der Waals surface area contributed by atoms with Gasteiger partial charge in [-0.2, -0.15) is 4.98 Å². The van der Waals surface area contributed by atoms with Gasteiger partial charge in [-0.15, -0.1) is 0 Å². The molecule has 0 aromatic carbocycles. The summed E-state index contributed by atoms with van der Waals surface area (Å²) >= 11 is 5.85. The summed E-state index contributed by atoms with van der Waals surface area (Å²) in [6.07, 6.45) is 8.43. The molecule has 0 amide bonds. The molecule has 3 rings (SSSR count). The van der Waals surface area contributed by atoms with Gasteiger partial charge in [0, 0.05) is 12.7 Å². The maximum Gasteiger partial charge on any atom is 0.234 e. The van der Waals surface area contributed by atoms with Crippen molar-refractivity contribution < 1.29 is 4.52 Å². The quantitative estimate of drug-likeness (QED) is 0.880. The monoisotopic (exact) mass is 306 g/mol. The minimum absolute atomic E-state index is 0.172. The van der Waals surface area contributed by atoms with Gasteiger partial charge in [-0.05, 0) is 25.0 Å². The fourth-order valence-corrected chi connectivity index (χ4v) is 3.07. The second kappa shape index (κ2) is 6.12. The summed E-state index contributed by atoms with van der Waals surface area (Å²) in [5.41, 5.74) is 6.54. The van der Waals surface area contributed by atoms with Crippen LogP contribution in [0.4, 0.5) is 0 Å². The van der Waals surface area contributed by atoms with Gasteiger partial charge in [0.25, 0.3) is 0 Å². The van der Waals surface area contributed by atoms with Crippen molar-refractivity contribution in [2.24, 2.45) is 5.73 Å². The molecule has 2 heterocycles. The highest BCUT2D eigenvalue weighted by Crippen LogP contribution is 2.37. The largest absolute Gasteiger partial charge is 0.338 e. The Morgan fingerprint density at radius 3 is 2.57 bits per heavy atom. The third-order valence-electron chi connectivity index (χ3n) is 4.29. The van der Waals surface area contributed by atoms with Crippen LogP contribution >= 0.6 is 11.6 Å². The molecular formula is C15H19ClN4O. The number of aromatic nitrogens is 3.